The summed E-state index contributed by atoms with van der Waals surface area (Å²) in [6.07, 6.45) is 2.89. The predicted molar refractivity (Wildman–Crippen MR) is 47.5 cm³/mol. The minimum absolute atomic E-state index is 0.0406. The first-order chi connectivity index (χ1) is 5.02. The minimum Gasteiger partial charge on any atom is -0.346 e. The monoisotopic (exact) mass is 196 g/mol. The Morgan fingerprint density at radius 2 is 2.36 bits per heavy atom. The molecule has 5 heteroatoms. The van der Waals surface area contributed by atoms with Gasteiger partial charge in [0.2, 0.25) is 0 Å². The van der Waals surface area contributed by atoms with Gasteiger partial charge in [-0.3, -0.25) is 4.57 Å². The van der Waals surface area contributed by atoms with Crippen molar-refractivity contribution in [1.29, 1.82) is 0 Å². The molecule has 0 aliphatic carbocycles. The summed E-state index contributed by atoms with van der Waals surface area (Å²) in [4.78, 5) is 8.67. The van der Waals surface area contributed by atoms with Crippen LogP contribution in [0.1, 0.15) is 12.8 Å². The van der Waals surface area contributed by atoms with Gasteiger partial charge in [0.25, 0.3) is 0 Å². The van der Waals surface area contributed by atoms with Crippen molar-refractivity contribution in [3.05, 3.63) is 0 Å². The van der Waals surface area contributed by atoms with Crippen molar-refractivity contribution in [2.24, 2.45) is 0 Å². The average Bonchev–Trinajstić information content (AvgIpc) is 2.10. The molecular formula is C6H14O3P2. The summed E-state index contributed by atoms with van der Waals surface area (Å²) in [5.74, 6) is 0. The van der Waals surface area contributed by atoms with Crippen molar-refractivity contribution in [2.75, 3.05) is 19.0 Å². The zero-order valence-electron chi connectivity index (χ0n) is 6.62. The summed E-state index contributed by atoms with van der Waals surface area (Å²) in [6.45, 7) is 1.76. The molecule has 0 saturated carbocycles. The van der Waals surface area contributed by atoms with Crippen LogP contribution >= 0.6 is 15.2 Å². The quantitative estimate of drug-likeness (QED) is 0.682. The van der Waals surface area contributed by atoms with E-state index in [-0.39, 0.29) is 11.8 Å². The van der Waals surface area contributed by atoms with Gasteiger partial charge < -0.3 is 9.46 Å². The molecule has 0 aromatic heterocycles. The molecule has 3 unspecified atom stereocenters. The summed E-state index contributed by atoms with van der Waals surface area (Å²) >= 11 is 0. The van der Waals surface area contributed by atoms with Crippen LogP contribution in [0.15, 0.2) is 0 Å². The van der Waals surface area contributed by atoms with E-state index < -0.39 is 15.2 Å². The highest BCUT2D eigenvalue weighted by Gasteiger charge is 2.33. The van der Waals surface area contributed by atoms with Crippen molar-refractivity contribution >= 4 is 15.2 Å². The second-order valence-electron chi connectivity index (χ2n) is 3.29. The second-order valence-corrected chi connectivity index (χ2v) is 8.01. The summed E-state index contributed by atoms with van der Waals surface area (Å²) < 4.78 is 22.2. The first kappa shape index (κ1) is 9.51. The molecule has 0 bridgehead atoms. The molecule has 11 heavy (non-hydrogen) atoms. The van der Waals surface area contributed by atoms with Gasteiger partial charge in [-0.15, -0.1) is 0 Å². The Morgan fingerprint density at radius 3 is 2.73 bits per heavy atom. The molecule has 1 fully saturated rings. The van der Waals surface area contributed by atoms with Gasteiger partial charge in [-0.2, -0.15) is 0 Å². The maximum Gasteiger partial charge on any atom is 0.189 e. The fraction of sp³-hybridized carbons (Fsp3) is 1.00. The van der Waals surface area contributed by atoms with Crippen molar-refractivity contribution in [3.63, 3.8) is 0 Å². The lowest BCUT2D eigenvalue weighted by molar-refractivity contribution is 0.500. The second kappa shape index (κ2) is 3.43. The van der Waals surface area contributed by atoms with Crippen molar-refractivity contribution in [3.8, 4) is 0 Å². The SMILES string of the molecule is CP1(=O)CCCC1C[PH](=O)O. The van der Waals surface area contributed by atoms with Crippen LogP contribution in [0.25, 0.3) is 0 Å². The molecule has 0 aromatic carbocycles. The molecule has 1 saturated heterocycles. The van der Waals surface area contributed by atoms with E-state index in [0.717, 1.165) is 19.0 Å². The average molecular weight is 196 g/mol. The van der Waals surface area contributed by atoms with Crippen LogP contribution in [-0.2, 0) is 9.13 Å². The van der Waals surface area contributed by atoms with Crippen LogP contribution in [0.2, 0.25) is 0 Å². The molecule has 3 atom stereocenters. The summed E-state index contributed by atoms with van der Waals surface area (Å²) in [5.41, 5.74) is 0.0406. The lowest BCUT2D eigenvalue weighted by atomic mass is 10.3. The Kier molecular flexibility index (Phi) is 2.96. The highest BCUT2D eigenvalue weighted by Crippen LogP contribution is 2.56. The third-order valence-corrected chi connectivity index (χ3v) is 6.70. The van der Waals surface area contributed by atoms with E-state index in [2.05, 4.69) is 0 Å². The van der Waals surface area contributed by atoms with Crippen LogP contribution in [0.3, 0.4) is 0 Å². The van der Waals surface area contributed by atoms with Gasteiger partial charge in [-0.1, -0.05) is 0 Å². The lowest BCUT2D eigenvalue weighted by Gasteiger charge is -2.13. The van der Waals surface area contributed by atoms with Gasteiger partial charge in [0.05, 0.1) is 7.14 Å². The first-order valence-electron chi connectivity index (χ1n) is 3.80. The number of rotatable bonds is 2. The number of hydrogen-bond donors (Lipinski definition) is 1. The first-order valence-corrected chi connectivity index (χ1v) is 7.77. The summed E-state index contributed by atoms with van der Waals surface area (Å²) in [7, 11) is -4.45. The maximum absolute atomic E-state index is 11.6. The van der Waals surface area contributed by atoms with Gasteiger partial charge in [-0.25, -0.2) is 0 Å². The Hall–Kier alpha value is 0.420. The Balaban J connectivity index is 2.58. The fourth-order valence-electron chi connectivity index (χ4n) is 1.59. The molecule has 0 spiro atoms. The summed E-state index contributed by atoms with van der Waals surface area (Å²) in [5, 5.41) is 0. The molecule has 66 valence electrons. The van der Waals surface area contributed by atoms with E-state index in [9.17, 15) is 9.13 Å². The van der Waals surface area contributed by atoms with Gasteiger partial charge in [-0.05, 0) is 19.5 Å². The van der Waals surface area contributed by atoms with Crippen LogP contribution in [-0.4, -0.2) is 29.5 Å². The van der Waals surface area contributed by atoms with Crippen molar-refractivity contribution in [2.45, 2.75) is 18.5 Å². The molecule has 1 rings (SSSR count). The highest BCUT2D eigenvalue weighted by molar-refractivity contribution is 7.64. The third-order valence-electron chi connectivity index (χ3n) is 2.32. The van der Waals surface area contributed by atoms with Crippen LogP contribution in [0.5, 0.6) is 0 Å². The zero-order valence-corrected chi connectivity index (χ0v) is 8.51. The topological polar surface area (TPSA) is 54.4 Å². The third kappa shape index (κ3) is 2.43. The maximum atomic E-state index is 11.6. The van der Waals surface area contributed by atoms with Gasteiger partial charge in [0.1, 0.15) is 0 Å². The van der Waals surface area contributed by atoms with Crippen LogP contribution < -0.4 is 0 Å². The standard InChI is InChI=1S/C6H14O3P2/c1-11(9)4-2-3-6(11)5-10(7)8/h6,10H,2-5H2,1H3,(H,7,8). The predicted octanol–water partition coefficient (Wildman–Crippen LogP) is 1.61. The summed E-state index contributed by atoms with van der Waals surface area (Å²) in [6, 6.07) is 0. The molecule has 1 N–H and O–H groups in total. The largest absolute Gasteiger partial charge is 0.346 e. The lowest BCUT2D eigenvalue weighted by Crippen LogP contribution is -2.05. The van der Waals surface area contributed by atoms with E-state index in [4.69, 9.17) is 4.89 Å². The molecule has 0 amide bonds. The number of hydrogen-bond acceptors (Lipinski definition) is 2. The Labute approximate surface area is 67.4 Å². The van der Waals surface area contributed by atoms with Crippen LogP contribution in [0, 0.1) is 0 Å². The molecule has 1 aliphatic heterocycles. The highest BCUT2D eigenvalue weighted by atomic mass is 31.2. The van der Waals surface area contributed by atoms with Crippen LogP contribution in [0.4, 0.5) is 0 Å². The Bertz CT molecular complexity index is 214. The fourth-order valence-corrected chi connectivity index (χ4v) is 6.12. The zero-order chi connectivity index (χ0) is 8.48. The smallest absolute Gasteiger partial charge is 0.189 e. The molecule has 1 heterocycles. The normalized spacial score (nSPS) is 40.7. The van der Waals surface area contributed by atoms with Crippen molar-refractivity contribution < 1.29 is 14.0 Å². The molecule has 0 radical (unpaired) electrons. The van der Waals surface area contributed by atoms with E-state index in [1.54, 1.807) is 6.66 Å². The van der Waals surface area contributed by atoms with E-state index in [0.29, 0.717) is 0 Å². The van der Waals surface area contributed by atoms with Gasteiger partial charge in [0.15, 0.2) is 8.03 Å². The van der Waals surface area contributed by atoms with Gasteiger partial charge in [0, 0.05) is 18.0 Å². The van der Waals surface area contributed by atoms with E-state index in [1.165, 1.54) is 0 Å². The van der Waals surface area contributed by atoms with E-state index >= 15 is 0 Å². The van der Waals surface area contributed by atoms with E-state index in [1.807, 2.05) is 0 Å². The van der Waals surface area contributed by atoms with Gasteiger partial charge >= 0.3 is 0 Å². The molecular weight excluding hydrogens is 182 g/mol. The van der Waals surface area contributed by atoms with Crippen molar-refractivity contribution in [1.82, 2.24) is 0 Å². The molecule has 3 nitrogen and oxygen atoms in total. The molecule has 1 aliphatic rings. The minimum atomic E-state index is -2.41. The molecule has 0 aromatic rings. The Morgan fingerprint density at radius 1 is 1.73 bits per heavy atom.